The van der Waals surface area contributed by atoms with E-state index in [9.17, 15) is 13.2 Å². The molecule has 0 radical (unpaired) electrons. The molecule has 2 aromatic carbocycles. The van der Waals surface area contributed by atoms with E-state index in [0.29, 0.717) is 11.3 Å². The van der Waals surface area contributed by atoms with Crippen LogP contribution in [0.4, 0.5) is 5.69 Å². The second-order valence-electron chi connectivity index (χ2n) is 5.93. The molecule has 2 aromatic rings. The lowest BCUT2D eigenvalue weighted by atomic mass is 10.0. The quantitative estimate of drug-likeness (QED) is 0.841. The molecule has 24 heavy (non-hydrogen) atoms. The van der Waals surface area contributed by atoms with E-state index in [-0.39, 0.29) is 24.1 Å². The smallest absolute Gasteiger partial charge is 0.226 e. The first-order valence-corrected chi connectivity index (χ1v) is 9.69. The minimum atomic E-state index is -3.13. The lowest BCUT2D eigenvalue weighted by molar-refractivity contribution is -0.116. The van der Waals surface area contributed by atoms with Gasteiger partial charge in [-0.2, -0.15) is 0 Å². The SMILES string of the molecule is Cc1c(CS(C)(=O)=O)cccc1NC(=O)CC(N)c1ccccc1. The summed E-state index contributed by atoms with van der Waals surface area (Å²) >= 11 is 0. The third kappa shape index (κ3) is 5.18. The van der Waals surface area contributed by atoms with Gasteiger partial charge in [0.15, 0.2) is 9.84 Å². The number of anilines is 1. The summed E-state index contributed by atoms with van der Waals surface area (Å²) in [6.07, 6.45) is 1.34. The Kier molecular flexibility index (Phi) is 5.75. The maximum atomic E-state index is 12.2. The van der Waals surface area contributed by atoms with Gasteiger partial charge in [-0.1, -0.05) is 42.5 Å². The Hall–Kier alpha value is -2.18. The Morgan fingerprint density at radius 3 is 2.42 bits per heavy atom. The molecular weight excluding hydrogens is 324 g/mol. The van der Waals surface area contributed by atoms with Gasteiger partial charge in [0, 0.05) is 24.4 Å². The fourth-order valence-corrected chi connectivity index (χ4v) is 3.35. The summed E-state index contributed by atoms with van der Waals surface area (Å²) < 4.78 is 23.0. The fraction of sp³-hybridized carbons (Fsp3) is 0.278. The summed E-state index contributed by atoms with van der Waals surface area (Å²) in [5, 5.41) is 2.82. The van der Waals surface area contributed by atoms with E-state index < -0.39 is 9.84 Å². The number of carbonyl (C=O) groups is 1. The highest BCUT2D eigenvalue weighted by Gasteiger charge is 2.14. The van der Waals surface area contributed by atoms with E-state index in [4.69, 9.17) is 5.73 Å². The third-order valence-corrected chi connectivity index (χ3v) is 4.61. The Morgan fingerprint density at radius 1 is 1.12 bits per heavy atom. The Bertz CT molecular complexity index is 817. The van der Waals surface area contributed by atoms with Gasteiger partial charge in [0.25, 0.3) is 0 Å². The molecule has 0 saturated carbocycles. The molecule has 0 aliphatic carbocycles. The maximum Gasteiger partial charge on any atom is 0.226 e. The number of hydrogen-bond acceptors (Lipinski definition) is 4. The number of sulfone groups is 1. The minimum Gasteiger partial charge on any atom is -0.326 e. The predicted octanol–water partition coefficient (Wildman–Crippen LogP) is 2.57. The Labute approximate surface area is 142 Å². The molecule has 3 N–H and O–H groups in total. The lowest BCUT2D eigenvalue weighted by Gasteiger charge is -2.15. The molecule has 2 rings (SSSR count). The molecule has 5 nitrogen and oxygen atoms in total. The first-order chi connectivity index (χ1) is 11.3. The van der Waals surface area contributed by atoms with Crippen LogP contribution in [0.15, 0.2) is 48.5 Å². The van der Waals surface area contributed by atoms with Crippen LogP contribution in [0.25, 0.3) is 0 Å². The van der Waals surface area contributed by atoms with Crippen LogP contribution in [-0.4, -0.2) is 20.6 Å². The molecule has 0 fully saturated rings. The van der Waals surface area contributed by atoms with Crippen LogP contribution in [0, 0.1) is 6.92 Å². The van der Waals surface area contributed by atoms with Gasteiger partial charge in [0.1, 0.15) is 0 Å². The zero-order chi connectivity index (χ0) is 17.7. The van der Waals surface area contributed by atoms with Gasteiger partial charge in [-0.25, -0.2) is 8.42 Å². The second kappa shape index (κ2) is 7.59. The van der Waals surface area contributed by atoms with Crippen molar-refractivity contribution in [1.82, 2.24) is 0 Å². The number of amides is 1. The largest absolute Gasteiger partial charge is 0.326 e. The van der Waals surface area contributed by atoms with Crippen molar-refractivity contribution in [1.29, 1.82) is 0 Å². The number of nitrogens with two attached hydrogens (primary N) is 1. The zero-order valence-electron chi connectivity index (χ0n) is 13.8. The Balaban J connectivity index is 2.08. The average molecular weight is 346 g/mol. The molecule has 1 unspecified atom stereocenters. The molecule has 0 spiro atoms. The van der Waals surface area contributed by atoms with Crippen LogP contribution in [0.3, 0.4) is 0 Å². The third-order valence-electron chi connectivity index (χ3n) is 3.77. The standard InChI is InChI=1S/C18H22N2O3S/c1-13-15(12-24(2,22)23)9-6-10-17(13)20-18(21)11-16(19)14-7-4-3-5-8-14/h3-10,16H,11-12,19H2,1-2H3,(H,20,21). The van der Waals surface area contributed by atoms with Crippen LogP contribution in [-0.2, 0) is 20.4 Å². The molecular formula is C18H22N2O3S. The Morgan fingerprint density at radius 2 is 1.79 bits per heavy atom. The second-order valence-corrected chi connectivity index (χ2v) is 8.07. The molecule has 0 saturated heterocycles. The number of rotatable bonds is 6. The van der Waals surface area contributed by atoms with Gasteiger partial charge in [0.2, 0.25) is 5.91 Å². The number of carbonyl (C=O) groups excluding carboxylic acids is 1. The van der Waals surface area contributed by atoms with Gasteiger partial charge in [-0.05, 0) is 29.7 Å². The maximum absolute atomic E-state index is 12.2. The summed E-state index contributed by atoms with van der Waals surface area (Å²) in [5.41, 5.74) is 9.01. The molecule has 1 atom stereocenters. The van der Waals surface area contributed by atoms with Crippen molar-refractivity contribution in [3.8, 4) is 0 Å². The number of hydrogen-bond donors (Lipinski definition) is 2. The van der Waals surface area contributed by atoms with Crippen molar-refractivity contribution in [2.24, 2.45) is 5.73 Å². The van der Waals surface area contributed by atoms with Crippen LogP contribution in [0.5, 0.6) is 0 Å². The molecule has 0 aromatic heterocycles. The highest BCUT2D eigenvalue weighted by Crippen LogP contribution is 2.22. The molecule has 128 valence electrons. The van der Waals surface area contributed by atoms with Gasteiger partial charge in [-0.15, -0.1) is 0 Å². The van der Waals surface area contributed by atoms with Crippen molar-refractivity contribution in [2.45, 2.75) is 25.1 Å². The van der Waals surface area contributed by atoms with E-state index in [1.165, 1.54) is 6.26 Å². The van der Waals surface area contributed by atoms with E-state index in [2.05, 4.69) is 5.32 Å². The summed E-state index contributed by atoms with van der Waals surface area (Å²) in [4.78, 5) is 12.2. The first kappa shape index (κ1) is 18.2. The van der Waals surface area contributed by atoms with Gasteiger partial charge in [0.05, 0.1) is 5.75 Å². The van der Waals surface area contributed by atoms with Crippen molar-refractivity contribution in [2.75, 3.05) is 11.6 Å². The van der Waals surface area contributed by atoms with Crippen LogP contribution >= 0.6 is 0 Å². The number of benzene rings is 2. The summed E-state index contributed by atoms with van der Waals surface area (Å²) in [7, 11) is -3.13. The number of nitrogens with one attached hydrogen (secondary N) is 1. The van der Waals surface area contributed by atoms with Crippen molar-refractivity contribution in [3.05, 3.63) is 65.2 Å². The van der Waals surface area contributed by atoms with E-state index in [0.717, 1.165) is 11.1 Å². The predicted molar refractivity (Wildman–Crippen MR) is 96.3 cm³/mol. The van der Waals surface area contributed by atoms with Gasteiger partial charge < -0.3 is 11.1 Å². The normalized spacial score (nSPS) is 12.6. The van der Waals surface area contributed by atoms with Crippen LogP contribution < -0.4 is 11.1 Å². The average Bonchev–Trinajstić information content (AvgIpc) is 2.51. The minimum absolute atomic E-state index is 0.0495. The topological polar surface area (TPSA) is 89.3 Å². The summed E-state index contributed by atoms with van der Waals surface area (Å²) in [6.45, 7) is 1.80. The summed E-state index contributed by atoms with van der Waals surface area (Å²) in [5.74, 6) is -0.252. The van der Waals surface area contributed by atoms with Gasteiger partial charge in [-0.3, -0.25) is 4.79 Å². The summed E-state index contributed by atoms with van der Waals surface area (Å²) in [6, 6.07) is 14.3. The van der Waals surface area contributed by atoms with Gasteiger partial charge >= 0.3 is 0 Å². The first-order valence-electron chi connectivity index (χ1n) is 7.63. The van der Waals surface area contributed by atoms with Crippen LogP contribution in [0.2, 0.25) is 0 Å². The molecule has 1 amide bonds. The van der Waals surface area contributed by atoms with Crippen molar-refractivity contribution in [3.63, 3.8) is 0 Å². The van der Waals surface area contributed by atoms with Crippen LogP contribution in [0.1, 0.15) is 29.2 Å². The highest BCUT2D eigenvalue weighted by molar-refractivity contribution is 7.89. The molecule has 6 heteroatoms. The van der Waals surface area contributed by atoms with Crippen molar-refractivity contribution >= 4 is 21.4 Å². The van der Waals surface area contributed by atoms with E-state index >= 15 is 0 Å². The zero-order valence-corrected chi connectivity index (χ0v) is 14.6. The lowest BCUT2D eigenvalue weighted by Crippen LogP contribution is -2.21. The molecule has 0 heterocycles. The van der Waals surface area contributed by atoms with Crippen molar-refractivity contribution < 1.29 is 13.2 Å². The molecule has 0 aliphatic rings. The monoisotopic (exact) mass is 346 g/mol. The molecule has 0 bridgehead atoms. The fourth-order valence-electron chi connectivity index (χ4n) is 2.48. The van der Waals surface area contributed by atoms with E-state index in [1.807, 2.05) is 30.3 Å². The van der Waals surface area contributed by atoms with E-state index in [1.54, 1.807) is 25.1 Å². The molecule has 0 aliphatic heterocycles. The highest BCUT2D eigenvalue weighted by atomic mass is 32.2.